The minimum absolute atomic E-state index is 0.117. The average Bonchev–Trinajstić information content (AvgIpc) is 3.51. The van der Waals surface area contributed by atoms with Crippen LogP contribution in [0.3, 0.4) is 0 Å². The van der Waals surface area contributed by atoms with Crippen molar-refractivity contribution in [2.75, 3.05) is 43.4 Å². The summed E-state index contributed by atoms with van der Waals surface area (Å²) in [5, 5.41) is 11.0. The molecule has 10 nitrogen and oxygen atoms in total. The number of pyridine rings is 2. The number of carbonyl (C=O) groups is 1. The summed E-state index contributed by atoms with van der Waals surface area (Å²) in [6, 6.07) is 6.89. The largest absolute Gasteiger partial charge is 0.367 e. The highest BCUT2D eigenvalue weighted by Crippen LogP contribution is 2.34. The van der Waals surface area contributed by atoms with Gasteiger partial charge in [-0.2, -0.15) is 5.10 Å². The smallest absolute Gasteiger partial charge is 0.224 e. The molecule has 5 aromatic rings. The standard InChI is InChI=1S/C29H32FN9O/c1-29(2,3)14-24(40)33-18-11-17(15-31-16-18)19-12-20-22(13-21(19)30)36-37-25(20)28-34-26-23(5-6-32-27(26)35-28)39-9-7-38(4)8-10-39/h5-6,11-13,15-16H,7-10,14H2,1-4H3,(H,33,40)(H,36,37)(H,32,34,35). The third-order valence-corrected chi connectivity index (χ3v) is 7.11. The van der Waals surface area contributed by atoms with Crippen LogP contribution in [0.4, 0.5) is 15.8 Å². The van der Waals surface area contributed by atoms with Crippen molar-refractivity contribution < 1.29 is 9.18 Å². The Morgan fingerprint density at radius 1 is 1.12 bits per heavy atom. The van der Waals surface area contributed by atoms with E-state index in [1.54, 1.807) is 30.7 Å². The number of fused-ring (bicyclic) bond motifs is 2. The van der Waals surface area contributed by atoms with E-state index in [1.807, 2.05) is 26.8 Å². The highest BCUT2D eigenvalue weighted by atomic mass is 19.1. The van der Waals surface area contributed by atoms with E-state index >= 15 is 4.39 Å². The molecule has 206 valence electrons. The molecule has 0 saturated carbocycles. The second-order valence-corrected chi connectivity index (χ2v) is 11.6. The SMILES string of the molecule is CN1CCN(c2ccnc3nc(-c4n[nH]c5cc(F)c(-c6cncc(NC(=O)CC(C)(C)C)c6)cc45)[nH]c23)CC1. The summed E-state index contributed by atoms with van der Waals surface area (Å²) in [5.41, 5.74) is 4.88. The third kappa shape index (κ3) is 5.12. The number of nitrogens with zero attached hydrogens (tertiary/aromatic N) is 6. The van der Waals surface area contributed by atoms with Gasteiger partial charge in [0.25, 0.3) is 0 Å². The predicted octanol–water partition coefficient (Wildman–Crippen LogP) is 4.83. The molecule has 6 rings (SSSR count). The van der Waals surface area contributed by atoms with Crippen LogP contribution in [0.1, 0.15) is 27.2 Å². The van der Waals surface area contributed by atoms with Crippen LogP contribution in [0.15, 0.2) is 42.9 Å². The Bertz CT molecular complexity index is 1710. The lowest BCUT2D eigenvalue weighted by Gasteiger charge is -2.34. The Kier molecular flexibility index (Phi) is 6.46. The molecule has 11 heteroatoms. The molecule has 0 radical (unpaired) electrons. The van der Waals surface area contributed by atoms with E-state index in [0.717, 1.165) is 37.4 Å². The topological polar surface area (TPSA) is 119 Å². The number of hydrogen-bond donors (Lipinski definition) is 3. The highest BCUT2D eigenvalue weighted by Gasteiger charge is 2.22. The van der Waals surface area contributed by atoms with Crippen LogP contribution in [0.5, 0.6) is 0 Å². The van der Waals surface area contributed by atoms with Gasteiger partial charge in [-0.3, -0.25) is 14.9 Å². The molecule has 0 aliphatic carbocycles. The number of piperazine rings is 1. The van der Waals surface area contributed by atoms with E-state index in [1.165, 1.54) is 6.07 Å². The number of halogens is 1. The summed E-state index contributed by atoms with van der Waals surface area (Å²) in [6.07, 6.45) is 5.27. The van der Waals surface area contributed by atoms with E-state index in [9.17, 15) is 4.79 Å². The van der Waals surface area contributed by atoms with Crippen molar-refractivity contribution in [1.82, 2.24) is 35.0 Å². The number of amides is 1. The minimum Gasteiger partial charge on any atom is -0.367 e. The van der Waals surface area contributed by atoms with Crippen LogP contribution in [-0.4, -0.2) is 74.2 Å². The number of benzene rings is 1. The quantitative estimate of drug-likeness (QED) is 0.292. The van der Waals surface area contributed by atoms with Gasteiger partial charge in [-0.15, -0.1) is 0 Å². The van der Waals surface area contributed by atoms with Crippen molar-refractivity contribution in [3.63, 3.8) is 0 Å². The maximum absolute atomic E-state index is 15.3. The van der Waals surface area contributed by atoms with E-state index in [-0.39, 0.29) is 11.3 Å². The summed E-state index contributed by atoms with van der Waals surface area (Å²) in [7, 11) is 2.13. The fourth-order valence-electron chi connectivity index (χ4n) is 5.10. The molecule has 0 atom stereocenters. The number of nitrogens with one attached hydrogen (secondary N) is 3. The number of hydrogen-bond acceptors (Lipinski definition) is 7. The number of likely N-dealkylation sites (N-methyl/N-ethyl adjacent to an activating group) is 1. The Labute approximate surface area is 231 Å². The second kappa shape index (κ2) is 9.98. The molecule has 1 fully saturated rings. The number of aromatic amines is 2. The van der Waals surface area contributed by atoms with E-state index in [4.69, 9.17) is 4.98 Å². The summed E-state index contributed by atoms with van der Waals surface area (Å²) in [4.78, 5) is 34.0. The van der Waals surface area contributed by atoms with Crippen LogP contribution >= 0.6 is 0 Å². The van der Waals surface area contributed by atoms with E-state index < -0.39 is 5.82 Å². The predicted molar refractivity (Wildman–Crippen MR) is 155 cm³/mol. The molecule has 0 spiro atoms. The zero-order valence-electron chi connectivity index (χ0n) is 23.0. The number of carbonyl (C=O) groups excluding carboxylic acids is 1. The van der Waals surface area contributed by atoms with E-state index in [0.29, 0.717) is 51.3 Å². The normalized spacial score (nSPS) is 14.8. The third-order valence-electron chi connectivity index (χ3n) is 7.11. The zero-order chi connectivity index (χ0) is 28.0. The van der Waals surface area contributed by atoms with Crippen molar-refractivity contribution in [2.24, 2.45) is 5.41 Å². The molecule has 40 heavy (non-hydrogen) atoms. The molecule has 5 heterocycles. The number of H-pyrrole nitrogens is 2. The van der Waals surface area contributed by atoms with Gasteiger partial charge in [-0.05, 0) is 30.7 Å². The fraction of sp³-hybridized carbons (Fsp3) is 0.345. The molecule has 1 amide bonds. The molecule has 3 N–H and O–H groups in total. The maximum Gasteiger partial charge on any atom is 0.224 e. The van der Waals surface area contributed by atoms with Crippen molar-refractivity contribution in [2.45, 2.75) is 27.2 Å². The molecular weight excluding hydrogens is 509 g/mol. The van der Waals surface area contributed by atoms with Crippen molar-refractivity contribution in [3.8, 4) is 22.6 Å². The first-order valence-corrected chi connectivity index (χ1v) is 13.4. The minimum atomic E-state index is -0.425. The lowest BCUT2D eigenvalue weighted by molar-refractivity contribution is -0.117. The Morgan fingerprint density at radius 3 is 2.70 bits per heavy atom. The molecule has 0 bridgehead atoms. The zero-order valence-corrected chi connectivity index (χ0v) is 23.0. The number of aromatic nitrogens is 6. The monoisotopic (exact) mass is 541 g/mol. The van der Waals surface area contributed by atoms with Gasteiger partial charge in [-0.25, -0.2) is 14.4 Å². The van der Waals surface area contributed by atoms with E-state index in [2.05, 4.69) is 47.3 Å². The summed E-state index contributed by atoms with van der Waals surface area (Å²) in [6.45, 7) is 9.81. The van der Waals surface area contributed by atoms with Crippen LogP contribution in [0.25, 0.3) is 44.7 Å². The first-order valence-electron chi connectivity index (χ1n) is 13.4. The lowest BCUT2D eigenvalue weighted by atomic mass is 9.92. The summed E-state index contributed by atoms with van der Waals surface area (Å²) >= 11 is 0. The highest BCUT2D eigenvalue weighted by molar-refractivity contribution is 5.97. The van der Waals surface area contributed by atoms with Gasteiger partial charge in [0.15, 0.2) is 11.5 Å². The van der Waals surface area contributed by atoms with Crippen LogP contribution in [0.2, 0.25) is 0 Å². The van der Waals surface area contributed by atoms with Crippen molar-refractivity contribution >= 4 is 39.3 Å². The molecule has 1 aromatic carbocycles. The first kappa shape index (κ1) is 25.9. The van der Waals surface area contributed by atoms with Crippen LogP contribution in [-0.2, 0) is 4.79 Å². The van der Waals surface area contributed by atoms with Crippen LogP contribution < -0.4 is 10.2 Å². The van der Waals surface area contributed by atoms with Gasteiger partial charge in [-0.1, -0.05) is 20.8 Å². The summed E-state index contributed by atoms with van der Waals surface area (Å²) in [5.74, 6) is 0.00873. The van der Waals surface area contributed by atoms with Crippen molar-refractivity contribution in [1.29, 1.82) is 0 Å². The van der Waals surface area contributed by atoms with Gasteiger partial charge in [0.1, 0.15) is 17.0 Å². The van der Waals surface area contributed by atoms with Crippen LogP contribution in [0, 0.1) is 11.2 Å². The van der Waals surface area contributed by atoms with Gasteiger partial charge in [0.05, 0.1) is 23.1 Å². The number of imidazole rings is 1. The molecule has 4 aromatic heterocycles. The molecular formula is C29H32FN9O. The number of rotatable bonds is 5. The first-order chi connectivity index (χ1) is 19.1. The molecule has 1 aliphatic heterocycles. The Morgan fingerprint density at radius 2 is 1.93 bits per heavy atom. The van der Waals surface area contributed by atoms with Crippen molar-refractivity contribution in [3.05, 3.63) is 48.7 Å². The maximum atomic E-state index is 15.3. The van der Waals surface area contributed by atoms with Gasteiger partial charge >= 0.3 is 0 Å². The molecule has 0 unspecified atom stereocenters. The summed E-state index contributed by atoms with van der Waals surface area (Å²) < 4.78 is 15.3. The van der Waals surface area contributed by atoms with Gasteiger partial charge in [0.2, 0.25) is 5.91 Å². The lowest BCUT2D eigenvalue weighted by Crippen LogP contribution is -2.44. The second-order valence-electron chi connectivity index (χ2n) is 11.6. The Balaban J connectivity index is 1.35. The molecule has 1 saturated heterocycles. The fourth-order valence-corrected chi connectivity index (χ4v) is 5.10. The van der Waals surface area contributed by atoms with Gasteiger partial charge < -0.3 is 20.1 Å². The average molecular weight is 542 g/mol. The van der Waals surface area contributed by atoms with Gasteiger partial charge in [0, 0.05) is 67.6 Å². The molecule has 1 aliphatic rings. The Hall–Kier alpha value is -4.38. The number of anilines is 2.